The maximum atomic E-state index is 12.7. The fourth-order valence-corrected chi connectivity index (χ4v) is 4.53. The standard InChI is InChI=1S/C20H23N3O3S/c24-19-7-11-27-18-6-5-14(12-15(18)22-19)20(25)21-13-16(17-4-3-10-26-17)23-8-1-2-9-23/h3-6,10,12,16H,1-2,7-9,11,13H2,(H,21,25)(H,22,24). The second-order valence-corrected chi connectivity index (χ2v) is 7.98. The number of amides is 2. The molecule has 4 rings (SSSR count). The van der Waals surface area contributed by atoms with E-state index in [0.717, 1.165) is 35.2 Å². The van der Waals surface area contributed by atoms with E-state index >= 15 is 0 Å². The Morgan fingerprint density at radius 2 is 2.15 bits per heavy atom. The molecule has 1 aromatic carbocycles. The second-order valence-electron chi connectivity index (χ2n) is 6.84. The number of benzene rings is 1. The number of anilines is 1. The normalized spacial score (nSPS) is 18.4. The van der Waals surface area contributed by atoms with Gasteiger partial charge in [0.1, 0.15) is 5.76 Å². The van der Waals surface area contributed by atoms with Crippen molar-refractivity contribution in [2.24, 2.45) is 0 Å². The van der Waals surface area contributed by atoms with Crippen molar-refractivity contribution in [2.75, 3.05) is 30.7 Å². The van der Waals surface area contributed by atoms with Gasteiger partial charge < -0.3 is 15.1 Å². The van der Waals surface area contributed by atoms with E-state index in [1.54, 1.807) is 24.1 Å². The van der Waals surface area contributed by atoms with Crippen molar-refractivity contribution >= 4 is 29.3 Å². The monoisotopic (exact) mass is 385 g/mol. The van der Waals surface area contributed by atoms with Crippen LogP contribution in [0.2, 0.25) is 0 Å². The lowest BCUT2D eigenvalue weighted by Gasteiger charge is -2.26. The summed E-state index contributed by atoms with van der Waals surface area (Å²) < 4.78 is 5.60. The van der Waals surface area contributed by atoms with Gasteiger partial charge >= 0.3 is 0 Å². The van der Waals surface area contributed by atoms with Gasteiger partial charge in [0, 0.05) is 29.2 Å². The molecule has 2 aliphatic heterocycles. The molecule has 1 aromatic heterocycles. The van der Waals surface area contributed by atoms with Crippen LogP contribution < -0.4 is 10.6 Å². The molecule has 0 saturated carbocycles. The summed E-state index contributed by atoms with van der Waals surface area (Å²) in [6.45, 7) is 2.53. The molecule has 2 amide bonds. The molecule has 7 heteroatoms. The summed E-state index contributed by atoms with van der Waals surface area (Å²) in [6, 6.07) is 9.37. The van der Waals surface area contributed by atoms with Crippen LogP contribution in [0.1, 0.15) is 41.4 Å². The van der Waals surface area contributed by atoms with E-state index in [1.807, 2.05) is 24.3 Å². The summed E-state index contributed by atoms with van der Waals surface area (Å²) in [5.74, 6) is 1.48. The smallest absolute Gasteiger partial charge is 0.251 e. The van der Waals surface area contributed by atoms with Crippen molar-refractivity contribution in [1.29, 1.82) is 0 Å². The van der Waals surface area contributed by atoms with E-state index in [-0.39, 0.29) is 17.9 Å². The van der Waals surface area contributed by atoms with Crippen LogP contribution in [0.5, 0.6) is 0 Å². The minimum Gasteiger partial charge on any atom is -0.468 e. The molecular weight excluding hydrogens is 362 g/mol. The highest BCUT2D eigenvalue weighted by Gasteiger charge is 2.26. The molecule has 1 saturated heterocycles. The van der Waals surface area contributed by atoms with Gasteiger partial charge in [0.2, 0.25) is 5.91 Å². The molecule has 1 atom stereocenters. The lowest BCUT2D eigenvalue weighted by molar-refractivity contribution is -0.115. The van der Waals surface area contributed by atoms with E-state index in [4.69, 9.17) is 4.42 Å². The summed E-state index contributed by atoms with van der Waals surface area (Å²) in [6.07, 6.45) is 4.51. The first kappa shape index (κ1) is 18.1. The van der Waals surface area contributed by atoms with E-state index in [9.17, 15) is 9.59 Å². The van der Waals surface area contributed by atoms with Gasteiger partial charge in [-0.25, -0.2) is 0 Å². The first-order valence-electron chi connectivity index (χ1n) is 9.33. The van der Waals surface area contributed by atoms with Crippen LogP contribution in [0.25, 0.3) is 0 Å². The number of thioether (sulfide) groups is 1. The highest BCUT2D eigenvalue weighted by Crippen LogP contribution is 2.31. The molecule has 1 fully saturated rings. The quantitative estimate of drug-likeness (QED) is 0.826. The zero-order chi connectivity index (χ0) is 18.6. The van der Waals surface area contributed by atoms with Crippen molar-refractivity contribution in [1.82, 2.24) is 10.2 Å². The summed E-state index contributed by atoms with van der Waals surface area (Å²) >= 11 is 1.63. The molecule has 3 heterocycles. The number of fused-ring (bicyclic) bond motifs is 1. The van der Waals surface area contributed by atoms with Gasteiger partial charge in [-0.15, -0.1) is 11.8 Å². The van der Waals surface area contributed by atoms with Gasteiger partial charge in [0.05, 0.1) is 18.0 Å². The maximum absolute atomic E-state index is 12.7. The van der Waals surface area contributed by atoms with Gasteiger partial charge in [-0.1, -0.05) is 0 Å². The number of nitrogens with one attached hydrogen (secondary N) is 2. The average molecular weight is 385 g/mol. The van der Waals surface area contributed by atoms with Crippen LogP contribution in [0.15, 0.2) is 45.9 Å². The number of hydrogen-bond donors (Lipinski definition) is 2. The van der Waals surface area contributed by atoms with E-state index < -0.39 is 0 Å². The summed E-state index contributed by atoms with van der Waals surface area (Å²) in [5.41, 5.74) is 1.27. The van der Waals surface area contributed by atoms with E-state index in [2.05, 4.69) is 15.5 Å². The van der Waals surface area contributed by atoms with Crippen LogP contribution in [0.3, 0.4) is 0 Å². The predicted octanol–water partition coefficient (Wildman–Crippen LogP) is 3.28. The lowest BCUT2D eigenvalue weighted by Crippen LogP contribution is -2.36. The fraction of sp³-hybridized carbons (Fsp3) is 0.400. The average Bonchev–Trinajstić information content (AvgIpc) is 3.34. The number of nitrogens with zero attached hydrogens (tertiary/aromatic N) is 1. The third-order valence-electron chi connectivity index (χ3n) is 5.01. The molecule has 0 aliphatic carbocycles. The van der Waals surface area contributed by atoms with Crippen LogP contribution in [-0.4, -0.2) is 42.1 Å². The third-order valence-corrected chi connectivity index (χ3v) is 6.09. The largest absolute Gasteiger partial charge is 0.468 e. The van der Waals surface area contributed by atoms with Crippen LogP contribution in [0.4, 0.5) is 5.69 Å². The Hall–Kier alpha value is -2.25. The zero-order valence-electron chi connectivity index (χ0n) is 15.1. The van der Waals surface area contributed by atoms with Crippen molar-refractivity contribution in [3.63, 3.8) is 0 Å². The van der Waals surface area contributed by atoms with Crippen LogP contribution >= 0.6 is 11.8 Å². The van der Waals surface area contributed by atoms with Crippen molar-refractivity contribution in [3.8, 4) is 0 Å². The summed E-state index contributed by atoms with van der Waals surface area (Å²) in [5, 5.41) is 5.92. The van der Waals surface area contributed by atoms with Crippen LogP contribution in [-0.2, 0) is 4.79 Å². The van der Waals surface area contributed by atoms with Gasteiger partial charge in [0.15, 0.2) is 0 Å². The predicted molar refractivity (Wildman–Crippen MR) is 105 cm³/mol. The number of hydrogen-bond acceptors (Lipinski definition) is 5. The van der Waals surface area contributed by atoms with Gasteiger partial charge in [-0.05, 0) is 56.3 Å². The maximum Gasteiger partial charge on any atom is 0.251 e. The highest BCUT2D eigenvalue weighted by atomic mass is 32.2. The SMILES string of the molecule is O=C1CCSc2ccc(C(=O)NCC(c3ccco3)N3CCCC3)cc2N1. The molecule has 2 aromatic rings. The van der Waals surface area contributed by atoms with E-state index in [0.29, 0.717) is 18.5 Å². The number of furan rings is 1. The summed E-state index contributed by atoms with van der Waals surface area (Å²) in [4.78, 5) is 27.8. The molecule has 2 N–H and O–H groups in total. The molecular formula is C20H23N3O3S. The minimum atomic E-state index is -0.142. The number of likely N-dealkylation sites (tertiary alicyclic amines) is 1. The third kappa shape index (κ3) is 4.20. The molecule has 0 radical (unpaired) electrons. The Morgan fingerprint density at radius 1 is 1.30 bits per heavy atom. The van der Waals surface area contributed by atoms with Crippen molar-refractivity contribution in [2.45, 2.75) is 30.2 Å². The Labute approximate surface area is 162 Å². The molecule has 6 nitrogen and oxygen atoms in total. The Bertz CT molecular complexity index is 816. The fourth-order valence-electron chi connectivity index (χ4n) is 3.60. The molecule has 0 bridgehead atoms. The Kier molecular flexibility index (Phi) is 5.50. The lowest BCUT2D eigenvalue weighted by atomic mass is 10.1. The van der Waals surface area contributed by atoms with Crippen molar-refractivity contribution < 1.29 is 14.0 Å². The van der Waals surface area contributed by atoms with E-state index in [1.165, 1.54) is 12.8 Å². The topological polar surface area (TPSA) is 74.6 Å². The zero-order valence-corrected chi connectivity index (χ0v) is 15.9. The van der Waals surface area contributed by atoms with Crippen molar-refractivity contribution in [3.05, 3.63) is 47.9 Å². The Morgan fingerprint density at radius 3 is 2.93 bits per heavy atom. The Balaban J connectivity index is 1.46. The number of rotatable bonds is 5. The number of carbonyl (C=O) groups excluding carboxylic acids is 2. The first-order valence-corrected chi connectivity index (χ1v) is 10.3. The van der Waals surface area contributed by atoms with Crippen LogP contribution in [0, 0.1) is 0 Å². The molecule has 27 heavy (non-hydrogen) atoms. The van der Waals surface area contributed by atoms with Gasteiger partial charge in [-0.2, -0.15) is 0 Å². The number of carbonyl (C=O) groups is 2. The molecule has 1 unspecified atom stereocenters. The molecule has 2 aliphatic rings. The highest BCUT2D eigenvalue weighted by molar-refractivity contribution is 7.99. The molecule has 142 valence electrons. The van der Waals surface area contributed by atoms with Gasteiger partial charge in [-0.3, -0.25) is 14.5 Å². The first-order chi connectivity index (χ1) is 13.2. The second kappa shape index (κ2) is 8.19. The molecule has 0 spiro atoms. The minimum absolute atomic E-state index is 0.00859. The summed E-state index contributed by atoms with van der Waals surface area (Å²) in [7, 11) is 0. The van der Waals surface area contributed by atoms with Gasteiger partial charge in [0.25, 0.3) is 5.91 Å².